The summed E-state index contributed by atoms with van der Waals surface area (Å²) < 4.78 is 0. The van der Waals surface area contributed by atoms with Crippen LogP contribution in [0.5, 0.6) is 0 Å². The lowest BCUT2D eigenvalue weighted by atomic mass is 9.97. The second-order valence-electron chi connectivity index (χ2n) is 3.63. The highest BCUT2D eigenvalue weighted by Crippen LogP contribution is 2.25. The van der Waals surface area contributed by atoms with Gasteiger partial charge in [-0.25, -0.2) is 5.43 Å². The summed E-state index contributed by atoms with van der Waals surface area (Å²) in [5.41, 5.74) is 10.4. The number of allylic oxidation sites excluding steroid dienone is 1. The number of hydrogen-bond donors (Lipinski definition) is 2. The van der Waals surface area contributed by atoms with Crippen molar-refractivity contribution in [3.8, 4) is 0 Å². The predicted molar refractivity (Wildman–Crippen MR) is 70.7 cm³/mol. The molecule has 88 valence electrons. The molecule has 1 heterocycles. The third-order valence-corrected chi connectivity index (χ3v) is 2.68. The highest BCUT2D eigenvalue weighted by Gasteiger charge is 2.21. The summed E-state index contributed by atoms with van der Waals surface area (Å²) in [7, 11) is 0. The van der Waals surface area contributed by atoms with Crippen LogP contribution < -0.4 is 10.9 Å². The summed E-state index contributed by atoms with van der Waals surface area (Å²) >= 11 is 0. The van der Waals surface area contributed by atoms with Gasteiger partial charge in [-0.05, 0) is 24.5 Å². The minimum absolute atomic E-state index is 0.442. The highest BCUT2D eigenvalue weighted by atomic mass is 15.4. The van der Waals surface area contributed by atoms with E-state index < -0.39 is 0 Å². The van der Waals surface area contributed by atoms with Crippen molar-refractivity contribution in [2.75, 3.05) is 0 Å². The lowest BCUT2D eigenvalue weighted by molar-refractivity contribution is 0.568. The van der Waals surface area contributed by atoms with Crippen molar-refractivity contribution in [2.45, 2.75) is 40.2 Å². The maximum absolute atomic E-state index is 3.28. The van der Waals surface area contributed by atoms with Gasteiger partial charge in [0.25, 0.3) is 0 Å². The quantitative estimate of drug-likeness (QED) is 0.795. The van der Waals surface area contributed by atoms with E-state index in [2.05, 4.69) is 55.0 Å². The van der Waals surface area contributed by atoms with Crippen LogP contribution in [0.25, 0.3) is 5.57 Å². The first-order valence-corrected chi connectivity index (χ1v) is 6.10. The molecule has 0 saturated heterocycles. The summed E-state index contributed by atoms with van der Waals surface area (Å²) in [5, 5.41) is 0. The summed E-state index contributed by atoms with van der Waals surface area (Å²) in [5.74, 6) is 0. The van der Waals surface area contributed by atoms with Crippen LogP contribution >= 0.6 is 0 Å². The molecule has 0 radical (unpaired) electrons. The molecular weight excluding hydrogens is 196 g/mol. The Kier molecular flexibility index (Phi) is 5.06. The van der Waals surface area contributed by atoms with E-state index in [0.717, 1.165) is 6.42 Å². The first-order chi connectivity index (χ1) is 7.83. The van der Waals surface area contributed by atoms with Gasteiger partial charge >= 0.3 is 0 Å². The number of hydrogen-bond acceptors (Lipinski definition) is 2. The van der Waals surface area contributed by atoms with E-state index in [1.165, 1.54) is 16.8 Å². The molecule has 1 aromatic carbocycles. The molecule has 2 nitrogen and oxygen atoms in total. The summed E-state index contributed by atoms with van der Waals surface area (Å²) in [6.45, 7) is 8.31. The van der Waals surface area contributed by atoms with Crippen molar-refractivity contribution in [1.29, 1.82) is 0 Å². The van der Waals surface area contributed by atoms with Gasteiger partial charge in [-0.15, -0.1) is 0 Å². The minimum atomic E-state index is 0.442. The monoisotopic (exact) mass is 218 g/mol. The van der Waals surface area contributed by atoms with Gasteiger partial charge < -0.3 is 5.43 Å². The lowest BCUT2D eigenvalue weighted by Crippen LogP contribution is -2.31. The Balaban J connectivity index is 0.000000606. The van der Waals surface area contributed by atoms with Crippen LogP contribution in [0.4, 0.5) is 0 Å². The van der Waals surface area contributed by atoms with Crippen molar-refractivity contribution in [3.05, 3.63) is 41.6 Å². The van der Waals surface area contributed by atoms with Gasteiger partial charge in [-0.1, -0.05) is 51.1 Å². The lowest BCUT2D eigenvalue weighted by Gasteiger charge is -2.11. The Morgan fingerprint density at radius 2 is 1.75 bits per heavy atom. The van der Waals surface area contributed by atoms with E-state index in [4.69, 9.17) is 0 Å². The van der Waals surface area contributed by atoms with Crippen LogP contribution in [0, 0.1) is 0 Å². The van der Waals surface area contributed by atoms with Crippen molar-refractivity contribution < 1.29 is 0 Å². The molecule has 2 heteroatoms. The minimum Gasteiger partial charge on any atom is -0.325 e. The molecule has 0 fully saturated rings. The molecule has 2 rings (SSSR count). The largest absolute Gasteiger partial charge is 0.325 e. The molecular formula is C14H22N2. The van der Waals surface area contributed by atoms with Gasteiger partial charge in [0.1, 0.15) is 0 Å². The van der Waals surface area contributed by atoms with E-state index in [0.29, 0.717) is 6.04 Å². The normalized spacial score (nSPS) is 18.9. The molecule has 0 amide bonds. The average Bonchev–Trinajstić information content (AvgIpc) is 2.74. The van der Waals surface area contributed by atoms with Crippen LogP contribution in [0.3, 0.4) is 0 Å². The molecule has 1 aliphatic rings. The van der Waals surface area contributed by atoms with E-state index in [1.54, 1.807) is 0 Å². The van der Waals surface area contributed by atoms with Crippen molar-refractivity contribution in [2.24, 2.45) is 0 Å². The molecule has 16 heavy (non-hydrogen) atoms. The topological polar surface area (TPSA) is 24.1 Å². The van der Waals surface area contributed by atoms with Gasteiger partial charge in [-0.2, -0.15) is 0 Å². The van der Waals surface area contributed by atoms with Gasteiger partial charge in [-0.3, -0.25) is 0 Å². The first-order valence-electron chi connectivity index (χ1n) is 6.10. The summed E-state index contributed by atoms with van der Waals surface area (Å²) in [4.78, 5) is 0. The molecule has 1 aliphatic heterocycles. The molecule has 0 bridgehead atoms. The zero-order valence-corrected chi connectivity index (χ0v) is 10.7. The van der Waals surface area contributed by atoms with Crippen LogP contribution in [0.1, 0.15) is 39.7 Å². The van der Waals surface area contributed by atoms with E-state index >= 15 is 0 Å². The van der Waals surface area contributed by atoms with Crippen molar-refractivity contribution in [1.82, 2.24) is 10.9 Å². The highest BCUT2D eigenvalue weighted by molar-refractivity contribution is 5.73. The molecule has 0 spiro atoms. The standard InChI is InChI=1S/C12H16N2.C2H6/c1-3-11-12(9(2)13-14-11)10-7-5-4-6-8-10;1-2/h4-8,11,13-14H,3H2,1-2H3;1-2H3. The molecule has 0 aromatic heterocycles. The smallest absolute Gasteiger partial charge is 0.0530 e. The fraction of sp³-hybridized carbons (Fsp3) is 0.429. The van der Waals surface area contributed by atoms with Gasteiger partial charge in [0.05, 0.1) is 6.04 Å². The fourth-order valence-corrected chi connectivity index (χ4v) is 1.94. The Bertz CT molecular complexity index is 341. The van der Waals surface area contributed by atoms with Crippen molar-refractivity contribution >= 4 is 5.57 Å². The molecule has 2 N–H and O–H groups in total. The second-order valence-corrected chi connectivity index (χ2v) is 3.63. The van der Waals surface area contributed by atoms with Crippen LogP contribution in [-0.2, 0) is 0 Å². The maximum atomic E-state index is 3.28. The molecule has 0 saturated carbocycles. The molecule has 1 aromatic rings. The first kappa shape index (κ1) is 12.8. The van der Waals surface area contributed by atoms with E-state index in [9.17, 15) is 0 Å². The Morgan fingerprint density at radius 3 is 2.31 bits per heavy atom. The summed E-state index contributed by atoms with van der Waals surface area (Å²) in [6.07, 6.45) is 1.11. The zero-order chi connectivity index (χ0) is 12.0. The van der Waals surface area contributed by atoms with Gasteiger partial charge in [0, 0.05) is 5.70 Å². The predicted octanol–water partition coefficient (Wildman–Crippen LogP) is 3.33. The third-order valence-electron chi connectivity index (χ3n) is 2.68. The summed E-state index contributed by atoms with van der Waals surface area (Å²) in [6, 6.07) is 11.0. The fourth-order valence-electron chi connectivity index (χ4n) is 1.94. The Labute approximate surface area is 98.7 Å². The zero-order valence-electron chi connectivity index (χ0n) is 10.7. The van der Waals surface area contributed by atoms with Crippen LogP contribution in [0.15, 0.2) is 36.0 Å². The van der Waals surface area contributed by atoms with E-state index in [1.807, 2.05) is 13.8 Å². The molecule has 0 aliphatic carbocycles. The van der Waals surface area contributed by atoms with E-state index in [-0.39, 0.29) is 0 Å². The average molecular weight is 218 g/mol. The number of rotatable bonds is 2. The molecule has 1 atom stereocenters. The maximum Gasteiger partial charge on any atom is 0.0530 e. The Hall–Kier alpha value is -1.28. The Morgan fingerprint density at radius 1 is 1.12 bits per heavy atom. The third kappa shape index (κ3) is 2.64. The number of benzene rings is 1. The van der Waals surface area contributed by atoms with Crippen molar-refractivity contribution in [3.63, 3.8) is 0 Å². The number of nitrogens with one attached hydrogen (secondary N) is 2. The van der Waals surface area contributed by atoms with Gasteiger partial charge in [0.2, 0.25) is 0 Å². The van der Waals surface area contributed by atoms with Gasteiger partial charge in [0.15, 0.2) is 0 Å². The number of hydrazine groups is 1. The van der Waals surface area contributed by atoms with Crippen LogP contribution in [-0.4, -0.2) is 6.04 Å². The second kappa shape index (κ2) is 6.33. The van der Waals surface area contributed by atoms with Crippen LogP contribution in [0.2, 0.25) is 0 Å². The SMILES string of the molecule is CC.CCC1NNC(C)=C1c1ccccc1. The molecule has 1 unspecified atom stereocenters.